The van der Waals surface area contributed by atoms with Crippen LogP contribution in [0.4, 0.5) is 0 Å². The van der Waals surface area contributed by atoms with E-state index >= 15 is 0 Å². The number of benzene rings is 1. The molecule has 0 saturated carbocycles. The molecule has 0 radical (unpaired) electrons. The molecule has 108 valence electrons. The van der Waals surface area contributed by atoms with Gasteiger partial charge >= 0.3 is 0 Å². The van der Waals surface area contributed by atoms with E-state index in [0.29, 0.717) is 32.5 Å². The highest BCUT2D eigenvalue weighted by molar-refractivity contribution is 9.10. The van der Waals surface area contributed by atoms with Gasteiger partial charge in [-0.05, 0) is 34.5 Å². The summed E-state index contributed by atoms with van der Waals surface area (Å²) in [6.07, 6.45) is 0.957. The van der Waals surface area contributed by atoms with E-state index < -0.39 is 0 Å². The van der Waals surface area contributed by atoms with Gasteiger partial charge in [-0.2, -0.15) is 0 Å². The van der Waals surface area contributed by atoms with Gasteiger partial charge in [0.25, 0.3) is 0 Å². The van der Waals surface area contributed by atoms with E-state index in [4.69, 9.17) is 10.5 Å². The molecule has 1 aromatic rings. The zero-order valence-corrected chi connectivity index (χ0v) is 12.6. The van der Waals surface area contributed by atoms with E-state index in [2.05, 4.69) is 15.9 Å². The molecule has 0 bridgehead atoms. The Bertz CT molecular complexity index is 507. The largest absolute Gasteiger partial charge is 0.492 e. The molecule has 1 aliphatic heterocycles. The SMILES string of the molecule is NC(=O)C1CCN(C(=O)CCOc2ccccc2Br)C1. The van der Waals surface area contributed by atoms with Gasteiger partial charge in [0.2, 0.25) is 11.8 Å². The zero-order chi connectivity index (χ0) is 14.5. The van der Waals surface area contributed by atoms with Gasteiger partial charge in [-0.3, -0.25) is 9.59 Å². The van der Waals surface area contributed by atoms with Crippen molar-refractivity contribution in [2.45, 2.75) is 12.8 Å². The Hall–Kier alpha value is -1.56. The Morgan fingerprint density at radius 3 is 2.80 bits per heavy atom. The van der Waals surface area contributed by atoms with Crippen LogP contribution in [0, 0.1) is 5.92 Å². The van der Waals surface area contributed by atoms with Crippen molar-refractivity contribution in [3.8, 4) is 5.75 Å². The maximum atomic E-state index is 12.0. The molecule has 2 rings (SSSR count). The molecule has 0 spiro atoms. The summed E-state index contributed by atoms with van der Waals surface area (Å²) in [5.74, 6) is 0.186. The van der Waals surface area contributed by atoms with Crippen molar-refractivity contribution in [2.75, 3.05) is 19.7 Å². The summed E-state index contributed by atoms with van der Waals surface area (Å²) in [5, 5.41) is 0. The molecule has 1 heterocycles. The maximum absolute atomic E-state index is 12.0. The predicted molar refractivity (Wildman–Crippen MR) is 78.1 cm³/mol. The van der Waals surface area contributed by atoms with Gasteiger partial charge in [0.15, 0.2) is 0 Å². The first-order valence-corrected chi connectivity index (χ1v) is 7.31. The van der Waals surface area contributed by atoms with E-state index in [9.17, 15) is 9.59 Å². The lowest BCUT2D eigenvalue weighted by atomic mass is 10.1. The van der Waals surface area contributed by atoms with Crippen LogP contribution in [-0.4, -0.2) is 36.4 Å². The van der Waals surface area contributed by atoms with E-state index in [-0.39, 0.29) is 17.7 Å². The highest BCUT2D eigenvalue weighted by atomic mass is 79.9. The number of para-hydroxylation sites is 1. The second-order valence-electron chi connectivity index (χ2n) is 4.76. The van der Waals surface area contributed by atoms with Crippen LogP contribution in [0.2, 0.25) is 0 Å². The number of ether oxygens (including phenoxy) is 1. The number of nitrogens with zero attached hydrogens (tertiary/aromatic N) is 1. The average molecular weight is 341 g/mol. The van der Waals surface area contributed by atoms with Gasteiger partial charge in [0.05, 0.1) is 23.4 Å². The van der Waals surface area contributed by atoms with Gasteiger partial charge < -0.3 is 15.4 Å². The summed E-state index contributed by atoms with van der Waals surface area (Å²) in [7, 11) is 0. The Kier molecular flexibility index (Phi) is 5.00. The fourth-order valence-corrected chi connectivity index (χ4v) is 2.59. The fourth-order valence-electron chi connectivity index (χ4n) is 2.19. The number of carbonyl (C=O) groups is 2. The number of nitrogens with two attached hydrogens (primary N) is 1. The summed E-state index contributed by atoms with van der Waals surface area (Å²) in [6.45, 7) is 1.35. The van der Waals surface area contributed by atoms with E-state index in [1.807, 2.05) is 24.3 Å². The van der Waals surface area contributed by atoms with Crippen molar-refractivity contribution in [3.63, 3.8) is 0 Å². The van der Waals surface area contributed by atoms with Gasteiger partial charge in [-0.15, -0.1) is 0 Å². The molecule has 0 aliphatic carbocycles. The highest BCUT2D eigenvalue weighted by Crippen LogP contribution is 2.24. The number of hydrogen-bond donors (Lipinski definition) is 1. The normalized spacial score (nSPS) is 18.1. The molecule has 5 nitrogen and oxygen atoms in total. The van der Waals surface area contributed by atoms with Crippen molar-refractivity contribution in [1.82, 2.24) is 4.90 Å². The first-order chi connectivity index (χ1) is 9.58. The molecule has 1 saturated heterocycles. The van der Waals surface area contributed by atoms with Crippen molar-refractivity contribution < 1.29 is 14.3 Å². The van der Waals surface area contributed by atoms with Crippen LogP contribution >= 0.6 is 15.9 Å². The van der Waals surface area contributed by atoms with Crippen molar-refractivity contribution in [1.29, 1.82) is 0 Å². The standard InChI is InChI=1S/C14H17BrN2O3/c15-11-3-1-2-4-12(11)20-8-6-13(18)17-7-5-10(9-17)14(16)19/h1-4,10H,5-9H2,(H2,16,19). The number of amides is 2. The van der Waals surface area contributed by atoms with Crippen LogP contribution in [0.25, 0.3) is 0 Å². The summed E-state index contributed by atoms with van der Waals surface area (Å²) in [6, 6.07) is 7.50. The average Bonchev–Trinajstić information content (AvgIpc) is 2.91. The highest BCUT2D eigenvalue weighted by Gasteiger charge is 2.29. The van der Waals surface area contributed by atoms with Crippen LogP contribution in [-0.2, 0) is 9.59 Å². The molecule has 1 unspecified atom stereocenters. The quantitative estimate of drug-likeness (QED) is 0.883. The van der Waals surface area contributed by atoms with Crippen LogP contribution in [0.5, 0.6) is 5.75 Å². The first-order valence-electron chi connectivity index (χ1n) is 6.52. The van der Waals surface area contributed by atoms with Gasteiger partial charge in [-0.25, -0.2) is 0 Å². The van der Waals surface area contributed by atoms with Crippen molar-refractivity contribution >= 4 is 27.7 Å². The topological polar surface area (TPSA) is 72.6 Å². The summed E-state index contributed by atoms with van der Waals surface area (Å²) >= 11 is 3.38. The lowest BCUT2D eigenvalue weighted by Gasteiger charge is -2.16. The van der Waals surface area contributed by atoms with Gasteiger partial charge in [-0.1, -0.05) is 12.1 Å². The molecule has 1 aromatic carbocycles. The molecule has 1 fully saturated rings. The number of carbonyl (C=O) groups excluding carboxylic acids is 2. The van der Waals surface area contributed by atoms with E-state index in [1.165, 1.54) is 0 Å². The lowest BCUT2D eigenvalue weighted by molar-refractivity contribution is -0.131. The third-order valence-electron chi connectivity index (χ3n) is 3.35. The summed E-state index contributed by atoms with van der Waals surface area (Å²) < 4.78 is 6.42. The second-order valence-corrected chi connectivity index (χ2v) is 5.61. The predicted octanol–water partition coefficient (Wildman–Crippen LogP) is 1.55. The molecule has 1 atom stereocenters. The zero-order valence-electron chi connectivity index (χ0n) is 11.0. The van der Waals surface area contributed by atoms with E-state index in [0.717, 1.165) is 10.2 Å². The van der Waals surface area contributed by atoms with Crippen molar-refractivity contribution in [2.24, 2.45) is 11.7 Å². The maximum Gasteiger partial charge on any atom is 0.226 e. The molecular weight excluding hydrogens is 324 g/mol. The number of halogens is 1. The summed E-state index contributed by atoms with van der Waals surface area (Å²) in [4.78, 5) is 24.7. The third-order valence-corrected chi connectivity index (χ3v) is 4.01. The minimum absolute atomic E-state index is 0.000744. The molecule has 1 aliphatic rings. The second kappa shape index (κ2) is 6.74. The summed E-state index contributed by atoms with van der Waals surface area (Å²) in [5.41, 5.74) is 5.25. The Morgan fingerprint density at radius 2 is 2.15 bits per heavy atom. The number of likely N-dealkylation sites (tertiary alicyclic amines) is 1. The van der Waals surface area contributed by atoms with Gasteiger partial charge in [0, 0.05) is 13.1 Å². The molecule has 2 N–H and O–H groups in total. The number of rotatable bonds is 5. The first kappa shape index (κ1) is 14.8. The Morgan fingerprint density at radius 1 is 1.40 bits per heavy atom. The number of hydrogen-bond acceptors (Lipinski definition) is 3. The molecule has 20 heavy (non-hydrogen) atoms. The van der Waals surface area contributed by atoms with Crippen molar-refractivity contribution in [3.05, 3.63) is 28.7 Å². The van der Waals surface area contributed by atoms with E-state index in [1.54, 1.807) is 4.90 Å². The molecular formula is C14H17BrN2O3. The molecule has 6 heteroatoms. The van der Waals surface area contributed by atoms with Crippen LogP contribution in [0.3, 0.4) is 0 Å². The van der Waals surface area contributed by atoms with Crippen LogP contribution in [0.15, 0.2) is 28.7 Å². The third kappa shape index (κ3) is 3.72. The number of primary amides is 1. The molecule has 2 amide bonds. The minimum atomic E-state index is -0.329. The van der Waals surface area contributed by atoms with Crippen LogP contribution < -0.4 is 10.5 Å². The monoisotopic (exact) mass is 340 g/mol. The molecule has 0 aromatic heterocycles. The Labute approximate surface area is 126 Å². The van der Waals surface area contributed by atoms with Gasteiger partial charge in [0.1, 0.15) is 5.75 Å². The smallest absolute Gasteiger partial charge is 0.226 e. The minimum Gasteiger partial charge on any atom is -0.492 e. The Balaban J connectivity index is 1.76. The van der Waals surface area contributed by atoms with Crippen LogP contribution in [0.1, 0.15) is 12.8 Å². The fraction of sp³-hybridized carbons (Fsp3) is 0.429. The lowest BCUT2D eigenvalue weighted by Crippen LogP contribution is -2.32.